The molecule has 3 aromatic rings. The second-order valence-electron chi connectivity index (χ2n) is 6.12. The fourth-order valence-electron chi connectivity index (χ4n) is 3.62. The van der Waals surface area contributed by atoms with Crippen molar-refractivity contribution in [2.75, 3.05) is 11.1 Å². The lowest BCUT2D eigenvalue weighted by Gasteiger charge is -2.09. The Bertz CT molecular complexity index is 907. The fraction of sp³-hybridized carbons (Fsp3) is 0.211. The van der Waals surface area contributed by atoms with E-state index >= 15 is 0 Å². The molecule has 4 rings (SSSR count). The van der Waals surface area contributed by atoms with Gasteiger partial charge >= 0.3 is 0 Å². The van der Waals surface area contributed by atoms with Crippen molar-refractivity contribution < 1.29 is 4.79 Å². The average Bonchev–Trinajstić information content (AvgIpc) is 3.13. The molecule has 2 aromatic carbocycles. The Morgan fingerprint density at radius 1 is 1.13 bits per heavy atom. The smallest absolute Gasteiger partial charge is 0.257 e. The first-order valence-electron chi connectivity index (χ1n) is 7.91. The van der Waals surface area contributed by atoms with E-state index in [9.17, 15) is 4.79 Å². The molecule has 1 heterocycles. The summed E-state index contributed by atoms with van der Waals surface area (Å²) in [6.07, 6.45) is 3.41. The molecule has 23 heavy (non-hydrogen) atoms. The number of nitrogens with one attached hydrogen (secondary N) is 1. The van der Waals surface area contributed by atoms with Crippen molar-refractivity contribution in [3.8, 4) is 0 Å². The number of anilines is 2. The normalized spacial score (nSPS) is 13.3. The Morgan fingerprint density at radius 3 is 2.70 bits per heavy atom. The Kier molecular flexibility index (Phi) is 3.11. The first-order valence-corrected chi connectivity index (χ1v) is 7.91. The van der Waals surface area contributed by atoms with Gasteiger partial charge in [0, 0.05) is 29.5 Å². The van der Waals surface area contributed by atoms with Gasteiger partial charge in [-0.25, -0.2) is 0 Å². The van der Waals surface area contributed by atoms with Crippen molar-refractivity contribution >= 4 is 28.2 Å². The Hall–Kier alpha value is -2.75. The van der Waals surface area contributed by atoms with Crippen LogP contribution in [0.1, 0.15) is 28.0 Å². The summed E-state index contributed by atoms with van der Waals surface area (Å²) in [6.45, 7) is 0. The number of rotatable bonds is 2. The number of nitrogens with two attached hydrogens (primary N) is 1. The molecule has 0 unspecified atom stereocenters. The van der Waals surface area contributed by atoms with Gasteiger partial charge in [-0.2, -0.15) is 0 Å². The fourth-order valence-corrected chi connectivity index (χ4v) is 3.62. The van der Waals surface area contributed by atoms with Gasteiger partial charge in [-0.05, 0) is 55.2 Å². The molecular formula is C19H19N3O. The van der Waals surface area contributed by atoms with Crippen LogP contribution in [0.2, 0.25) is 0 Å². The van der Waals surface area contributed by atoms with Crippen LogP contribution in [0.5, 0.6) is 0 Å². The van der Waals surface area contributed by atoms with Gasteiger partial charge in [0.25, 0.3) is 5.91 Å². The second kappa shape index (κ2) is 5.16. The predicted molar refractivity (Wildman–Crippen MR) is 93.8 cm³/mol. The standard InChI is InChI=1S/C19H19N3O/c1-22-17-7-3-4-14(17)15-5-2-6-16(18(15)22)19(23)21-13-10-8-12(20)9-11-13/h2,5-6,8-11H,3-4,7,20H2,1H3,(H,21,23). The first kappa shape index (κ1) is 13.9. The summed E-state index contributed by atoms with van der Waals surface area (Å²) >= 11 is 0. The number of hydrogen-bond acceptors (Lipinski definition) is 2. The van der Waals surface area contributed by atoms with Crippen molar-refractivity contribution in [2.45, 2.75) is 19.3 Å². The average molecular weight is 305 g/mol. The largest absolute Gasteiger partial charge is 0.399 e. The van der Waals surface area contributed by atoms with E-state index in [-0.39, 0.29) is 5.91 Å². The molecule has 0 saturated carbocycles. The van der Waals surface area contributed by atoms with Gasteiger partial charge < -0.3 is 15.6 Å². The molecule has 0 aliphatic heterocycles. The molecule has 4 heteroatoms. The van der Waals surface area contributed by atoms with Crippen LogP contribution in [0.25, 0.3) is 10.9 Å². The molecule has 3 N–H and O–H groups in total. The van der Waals surface area contributed by atoms with Crippen LogP contribution in [0, 0.1) is 0 Å². The number of para-hydroxylation sites is 1. The van der Waals surface area contributed by atoms with Crippen LogP contribution in [0.3, 0.4) is 0 Å². The molecule has 4 nitrogen and oxygen atoms in total. The van der Waals surface area contributed by atoms with Crippen molar-refractivity contribution in [2.24, 2.45) is 7.05 Å². The third-order valence-electron chi connectivity index (χ3n) is 4.70. The van der Waals surface area contributed by atoms with Crippen molar-refractivity contribution in [3.63, 3.8) is 0 Å². The highest BCUT2D eigenvalue weighted by atomic mass is 16.1. The van der Waals surface area contributed by atoms with Gasteiger partial charge in [0.1, 0.15) is 0 Å². The van der Waals surface area contributed by atoms with Crippen molar-refractivity contribution in [1.29, 1.82) is 0 Å². The number of carbonyl (C=O) groups excluding carboxylic acids is 1. The molecule has 0 fully saturated rings. The second-order valence-corrected chi connectivity index (χ2v) is 6.12. The van der Waals surface area contributed by atoms with E-state index < -0.39 is 0 Å². The van der Waals surface area contributed by atoms with Gasteiger partial charge in [-0.15, -0.1) is 0 Å². The van der Waals surface area contributed by atoms with Gasteiger partial charge in [-0.1, -0.05) is 12.1 Å². The van der Waals surface area contributed by atoms with E-state index in [1.54, 1.807) is 12.1 Å². The Labute approximate surface area is 134 Å². The number of aryl methyl sites for hydroxylation is 2. The van der Waals surface area contributed by atoms with Crippen LogP contribution in [-0.4, -0.2) is 10.5 Å². The van der Waals surface area contributed by atoms with E-state index in [0.717, 1.165) is 29.6 Å². The summed E-state index contributed by atoms with van der Waals surface area (Å²) in [5.74, 6) is -0.0837. The molecule has 1 amide bonds. The van der Waals surface area contributed by atoms with E-state index in [1.807, 2.05) is 24.3 Å². The first-order chi connectivity index (χ1) is 11.1. The van der Waals surface area contributed by atoms with Crippen LogP contribution >= 0.6 is 0 Å². The molecule has 0 radical (unpaired) electrons. The summed E-state index contributed by atoms with van der Waals surface area (Å²) in [6, 6.07) is 13.2. The van der Waals surface area contributed by atoms with E-state index in [0.29, 0.717) is 5.69 Å². The lowest BCUT2D eigenvalue weighted by Crippen LogP contribution is -2.13. The minimum absolute atomic E-state index is 0.0837. The van der Waals surface area contributed by atoms with E-state index in [1.165, 1.54) is 23.1 Å². The monoisotopic (exact) mass is 305 g/mol. The predicted octanol–water partition coefficient (Wildman–Crippen LogP) is 3.50. The molecule has 116 valence electrons. The number of carbonyl (C=O) groups is 1. The lowest BCUT2D eigenvalue weighted by atomic mass is 10.1. The molecule has 0 bridgehead atoms. The summed E-state index contributed by atoms with van der Waals surface area (Å²) in [4.78, 5) is 12.7. The van der Waals surface area contributed by atoms with Crippen LogP contribution in [-0.2, 0) is 19.9 Å². The number of aromatic nitrogens is 1. The number of hydrogen-bond donors (Lipinski definition) is 2. The molecule has 1 aromatic heterocycles. The quantitative estimate of drug-likeness (QED) is 0.712. The van der Waals surface area contributed by atoms with Crippen LogP contribution < -0.4 is 11.1 Å². The number of nitrogen functional groups attached to an aromatic ring is 1. The summed E-state index contributed by atoms with van der Waals surface area (Å²) < 4.78 is 2.19. The maximum absolute atomic E-state index is 12.7. The zero-order valence-electron chi connectivity index (χ0n) is 13.1. The number of benzene rings is 2. The van der Waals surface area contributed by atoms with E-state index in [4.69, 9.17) is 5.73 Å². The van der Waals surface area contributed by atoms with Crippen molar-refractivity contribution in [3.05, 3.63) is 59.3 Å². The SMILES string of the molecule is Cn1c2c(c3cccc(C(=O)Nc4ccc(N)cc4)c31)CCC2. The molecule has 1 aliphatic rings. The van der Waals surface area contributed by atoms with Gasteiger partial charge in [-0.3, -0.25) is 4.79 Å². The molecule has 0 saturated heterocycles. The minimum atomic E-state index is -0.0837. The minimum Gasteiger partial charge on any atom is -0.399 e. The van der Waals surface area contributed by atoms with Crippen LogP contribution in [0.15, 0.2) is 42.5 Å². The molecule has 1 aliphatic carbocycles. The maximum Gasteiger partial charge on any atom is 0.257 e. The van der Waals surface area contributed by atoms with E-state index in [2.05, 4.69) is 23.0 Å². The van der Waals surface area contributed by atoms with Crippen LogP contribution in [0.4, 0.5) is 11.4 Å². The third kappa shape index (κ3) is 2.18. The van der Waals surface area contributed by atoms with Gasteiger partial charge in [0.05, 0.1) is 11.1 Å². The van der Waals surface area contributed by atoms with Gasteiger partial charge in [0.15, 0.2) is 0 Å². The summed E-state index contributed by atoms with van der Waals surface area (Å²) in [5, 5.41) is 4.17. The van der Waals surface area contributed by atoms with Crippen molar-refractivity contribution in [1.82, 2.24) is 4.57 Å². The number of fused-ring (bicyclic) bond motifs is 3. The number of nitrogens with zero attached hydrogens (tertiary/aromatic N) is 1. The highest BCUT2D eigenvalue weighted by molar-refractivity contribution is 6.13. The maximum atomic E-state index is 12.7. The zero-order valence-corrected chi connectivity index (χ0v) is 13.1. The summed E-state index contributed by atoms with van der Waals surface area (Å²) in [5.41, 5.74) is 11.7. The topological polar surface area (TPSA) is 60.0 Å². The summed E-state index contributed by atoms with van der Waals surface area (Å²) in [7, 11) is 2.06. The zero-order chi connectivity index (χ0) is 16.0. The Balaban J connectivity index is 1.77. The molecule has 0 spiro atoms. The molecule has 0 atom stereocenters. The highest BCUT2D eigenvalue weighted by Crippen LogP contribution is 2.34. The third-order valence-corrected chi connectivity index (χ3v) is 4.70. The number of amides is 1. The highest BCUT2D eigenvalue weighted by Gasteiger charge is 2.23. The lowest BCUT2D eigenvalue weighted by molar-refractivity contribution is 0.102. The molecular weight excluding hydrogens is 286 g/mol. The Morgan fingerprint density at radius 2 is 1.91 bits per heavy atom. The van der Waals surface area contributed by atoms with Gasteiger partial charge in [0.2, 0.25) is 0 Å².